The summed E-state index contributed by atoms with van der Waals surface area (Å²) in [4.78, 5) is 12.1. The molecule has 3 N–H and O–H groups in total. The maximum atomic E-state index is 12.1. The first kappa shape index (κ1) is 13.7. The average molecular weight is 263 g/mol. The molecule has 4 heteroatoms. The summed E-state index contributed by atoms with van der Waals surface area (Å²) in [6, 6.07) is 4.11. The summed E-state index contributed by atoms with van der Waals surface area (Å²) in [5.41, 5.74) is 0.375. The smallest absolute Gasteiger partial charge is 0.255 e. The van der Waals surface area contributed by atoms with Gasteiger partial charge in [0, 0.05) is 6.04 Å². The Morgan fingerprint density at radius 2 is 2.11 bits per heavy atom. The second kappa shape index (κ2) is 5.11. The fourth-order valence-electron chi connectivity index (χ4n) is 2.79. The summed E-state index contributed by atoms with van der Waals surface area (Å²) >= 11 is 0. The lowest BCUT2D eigenvalue weighted by atomic mass is 9.75. The molecule has 1 aromatic carbocycles. The number of phenols is 2. The number of carbonyl (C=O) groups excluding carboxylic acids is 1. The van der Waals surface area contributed by atoms with E-state index in [4.69, 9.17) is 0 Å². The van der Waals surface area contributed by atoms with E-state index >= 15 is 0 Å². The van der Waals surface area contributed by atoms with Crippen molar-refractivity contribution in [2.45, 2.75) is 45.6 Å². The third kappa shape index (κ3) is 3.40. The molecule has 1 aliphatic carbocycles. The van der Waals surface area contributed by atoms with Crippen LogP contribution in [0.15, 0.2) is 18.2 Å². The summed E-state index contributed by atoms with van der Waals surface area (Å²) in [5, 5.41) is 22.0. The lowest BCUT2D eigenvalue weighted by molar-refractivity contribution is 0.0899. The number of phenolic OH excluding ortho intramolecular Hbond substituents is 2. The van der Waals surface area contributed by atoms with E-state index in [2.05, 4.69) is 19.2 Å². The number of nitrogens with one attached hydrogen (secondary N) is 1. The zero-order valence-corrected chi connectivity index (χ0v) is 11.4. The minimum atomic E-state index is -0.323. The topological polar surface area (TPSA) is 69.6 Å². The minimum Gasteiger partial charge on any atom is -0.508 e. The first-order valence-electron chi connectivity index (χ1n) is 6.70. The van der Waals surface area contributed by atoms with Crippen LogP contribution in [0.1, 0.15) is 49.9 Å². The highest BCUT2D eigenvalue weighted by molar-refractivity contribution is 5.97. The van der Waals surface area contributed by atoms with E-state index in [1.807, 2.05) is 0 Å². The molecule has 1 fully saturated rings. The van der Waals surface area contributed by atoms with Crippen molar-refractivity contribution >= 4 is 5.91 Å². The molecule has 0 radical (unpaired) electrons. The van der Waals surface area contributed by atoms with Gasteiger partial charge in [-0.05, 0) is 42.9 Å². The molecule has 19 heavy (non-hydrogen) atoms. The molecule has 0 aliphatic heterocycles. The van der Waals surface area contributed by atoms with Crippen LogP contribution in [0.4, 0.5) is 0 Å². The molecule has 0 aromatic heterocycles. The number of rotatable bonds is 2. The molecule has 2 rings (SSSR count). The van der Waals surface area contributed by atoms with Gasteiger partial charge in [-0.3, -0.25) is 4.79 Å². The van der Waals surface area contributed by atoms with Crippen LogP contribution in [0.5, 0.6) is 11.5 Å². The zero-order valence-electron chi connectivity index (χ0n) is 11.4. The lowest BCUT2D eigenvalue weighted by Crippen LogP contribution is -2.40. The molecule has 1 unspecified atom stereocenters. The van der Waals surface area contributed by atoms with Crippen molar-refractivity contribution < 1.29 is 15.0 Å². The van der Waals surface area contributed by atoms with E-state index in [0.29, 0.717) is 0 Å². The Bertz CT molecular complexity index is 482. The van der Waals surface area contributed by atoms with Crippen molar-refractivity contribution in [1.29, 1.82) is 0 Å². The average Bonchev–Trinajstić information content (AvgIpc) is 2.31. The molecular formula is C15H21NO3. The molecule has 0 saturated heterocycles. The van der Waals surface area contributed by atoms with Crippen molar-refractivity contribution in [3.05, 3.63) is 23.8 Å². The van der Waals surface area contributed by atoms with E-state index < -0.39 is 0 Å². The van der Waals surface area contributed by atoms with Crippen LogP contribution in [0.25, 0.3) is 0 Å². The van der Waals surface area contributed by atoms with E-state index in [9.17, 15) is 15.0 Å². The molecule has 0 spiro atoms. The van der Waals surface area contributed by atoms with E-state index in [0.717, 1.165) is 19.3 Å². The molecule has 1 amide bonds. The number of amides is 1. The molecule has 1 aromatic rings. The quantitative estimate of drug-likeness (QED) is 0.719. The molecule has 1 atom stereocenters. The molecule has 4 nitrogen and oxygen atoms in total. The normalized spacial score (nSPS) is 21.9. The van der Waals surface area contributed by atoms with Gasteiger partial charge in [0.25, 0.3) is 5.91 Å². The maximum absolute atomic E-state index is 12.1. The van der Waals surface area contributed by atoms with Crippen LogP contribution in [0, 0.1) is 5.41 Å². The van der Waals surface area contributed by atoms with Crippen LogP contribution >= 0.6 is 0 Å². The van der Waals surface area contributed by atoms with Crippen LogP contribution in [-0.2, 0) is 0 Å². The van der Waals surface area contributed by atoms with Gasteiger partial charge in [0.2, 0.25) is 0 Å². The monoisotopic (exact) mass is 263 g/mol. The highest BCUT2D eigenvalue weighted by Gasteiger charge is 2.29. The highest BCUT2D eigenvalue weighted by atomic mass is 16.3. The van der Waals surface area contributed by atoms with Gasteiger partial charge in [0.1, 0.15) is 11.5 Å². The van der Waals surface area contributed by atoms with Gasteiger partial charge in [-0.15, -0.1) is 0 Å². The Hall–Kier alpha value is -1.71. The first-order chi connectivity index (χ1) is 8.87. The third-order valence-corrected chi connectivity index (χ3v) is 3.77. The van der Waals surface area contributed by atoms with Gasteiger partial charge in [-0.25, -0.2) is 0 Å². The highest BCUT2D eigenvalue weighted by Crippen LogP contribution is 2.35. The Morgan fingerprint density at radius 3 is 2.79 bits per heavy atom. The first-order valence-corrected chi connectivity index (χ1v) is 6.70. The van der Waals surface area contributed by atoms with Gasteiger partial charge in [-0.1, -0.05) is 20.3 Å². The fraction of sp³-hybridized carbons (Fsp3) is 0.533. The summed E-state index contributed by atoms with van der Waals surface area (Å²) in [6.45, 7) is 4.41. The second-order valence-corrected chi connectivity index (χ2v) is 6.13. The van der Waals surface area contributed by atoms with Gasteiger partial charge >= 0.3 is 0 Å². The zero-order chi connectivity index (χ0) is 14.0. The van der Waals surface area contributed by atoms with Crippen LogP contribution in [-0.4, -0.2) is 22.2 Å². The summed E-state index contributed by atoms with van der Waals surface area (Å²) in [5.74, 6) is -0.451. The van der Waals surface area contributed by atoms with E-state index in [-0.39, 0.29) is 34.4 Å². The van der Waals surface area contributed by atoms with Gasteiger partial charge in [0.15, 0.2) is 0 Å². The van der Waals surface area contributed by atoms with Crippen LogP contribution < -0.4 is 5.32 Å². The third-order valence-electron chi connectivity index (χ3n) is 3.77. The van der Waals surface area contributed by atoms with E-state index in [1.54, 1.807) is 0 Å². The SMILES string of the molecule is CC1(C)CCCC(NC(=O)c2cc(O)ccc2O)C1. The largest absolute Gasteiger partial charge is 0.508 e. The standard InChI is InChI=1S/C15H21NO3/c1-15(2)7-3-4-10(9-15)16-14(19)12-8-11(17)5-6-13(12)18/h5-6,8,10,17-18H,3-4,7,9H2,1-2H3,(H,16,19). The number of benzene rings is 1. The summed E-state index contributed by atoms with van der Waals surface area (Å²) < 4.78 is 0. The lowest BCUT2D eigenvalue weighted by Gasteiger charge is -2.35. The van der Waals surface area contributed by atoms with Crippen molar-refractivity contribution in [1.82, 2.24) is 5.32 Å². The van der Waals surface area contributed by atoms with Crippen molar-refractivity contribution in [2.75, 3.05) is 0 Å². The number of hydrogen-bond donors (Lipinski definition) is 3. The van der Waals surface area contributed by atoms with Gasteiger partial charge < -0.3 is 15.5 Å². The molecule has 104 valence electrons. The Labute approximate surface area is 113 Å². The Kier molecular flexibility index (Phi) is 3.69. The van der Waals surface area contributed by atoms with Gasteiger partial charge in [0.05, 0.1) is 5.56 Å². The Balaban J connectivity index is 2.06. The maximum Gasteiger partial charge on any atom is 0.255 e. The summed E-state index contributed by atoms with van der Waals surface area (Å²) in [6.07, 6.45) is 4.19. The molecule has 0 bridgehead atoms. The number of aromatic hydroxyl groups is 2. The number of carbonyl (C=O) groups is 1. The Morgan fingerprint density at radius 1 is 1.37 bits per heavy atom. The predicted molar refractivity (Wildman–Crippen MR) is 73.3 cm³/mol. The second-order valence-electron chi connectivity index (χ2n) is 6.13. The number of hydrogen-bond acceptors (Lipinski definition) is 3. The summed E-state index contributed by atoms with van der Waals surface area (Å²) in [7, 11) is 0. The van der Waals surface area contributed by atoms with Crippen molar-refractivity contribution in [3.8, 4) is 11.5 Å². The van der Waals surface area contributed by atoms with Gasteiger partial charge in [-0.2, -0.15) is 0 Å². The van der Waals surface area contributed by atoms with Crippen LogP contribution in [0.2, 0.25) is 0 Å². The van der Waals surface area contributed by atoms with Crippen molar-refractivity contribution in [3.63, 3.8) is 0 Å². The molecule has 1 aliphatic rings. The van der Waals surface area contributed by atoms with Crippen molar-refractivity contribution in [2.24, 2.45) is 5.41 Å². The van der Waals surface area contributed by atoms with E-state index in [1.165, 1.54) is 24.6 Å². The van der Waals surface area contributed by atoms with Crippen LogP contribution in [0.3, 0.4) is 0 Å². The molecular weight excluding hydrogens is 242 g/mol. The minimum absolute atomic E-state index is 0.0214. The fourth-order valence-corrected chi connectivity index (χ4v) is 2.79. The predicted octanol–water partition coefficient (Wildman–Crippen LogP) is 2.80. The molecule has 1 saturated carbocycles. The molecule has 0 heterocycles.